The number of nitrogen functional groups attached to an aromatic ring is 1. The number of amides is 1. The van der Waals surface area contributed by atoms with E-state index in [-0.39, 0.29) is 5.91 Å². The lowest BCUT2D eigenvalue weighted by molar-refractivity contribution is 0.0950. The molecular weight excluding hydrogens is 250 g/mol. The highest BCUT2D eigenvalue weighted by atomic mass is 32.1. The number of anilines is 1. The van der Waals surface area contributed by atoms with Crippen LogP contribution in [0, 0.1) is 0 Å². The number of aromatic nitrogens is 1. The van der Waals surface area contributed by atoms with Crippen molar-refractivity contribution in [3.63, 3.8) is 0 Å². The van der Waals surface area contributed by atoms with Gasteiger partial charge in [-0.2, -0.15) is 0 Å². The summed E-state index contributed by atoms with van der Waals surface area (Å²) in [6.07, 6.45) is 1.71. The molecule has 0 saturated carbocycles. The van der Waals surface area contributed by atoms with Crippen LogP contribution in [0.1, 0.15) is 15.4 Å². The minimum Gasteiger partial charge on any atom is -0.495 e. The SMILES string of the molecule is COc1cc(C(=O)NCc2nccs2)ccc1N. The molecule has 5 nitrogen and oxygen atoms in total. The van der Waals surface area contributed by atoms with Crippen LogP contribution < -0.4 is 15.8 Å². The number of nitrogens with zero attached hydrogens (tertiary/aromatic N) is 1. The molecule has 0 aliphatic heterocycles. The van der Waals surface area contributed by atoms with Crippen molar-refractivity contribution in [2.75, 3.05) is 12.8 Å². The molecule has 1 amide bonds. The van der Waals surface area contributed by atoms with Gasteiger partial charge < -0.3 is 15.8 Å². The minimum atomic E-state index is -0.177. The van der Waals surface area contributed by atoms with Crippen molar-refractivity contribution in [2.24, 2.45) is 0 Å². The summed E-state index contributed by atoms with van der Waals surface area (Å²) in [6, 6.07) is 4.93. The minimum absolute atomic E-state index is 0.177. The largest absolute Gasteiger partial charge is 0.495 e. The summed E-state index contributed by atoms with van der Waals surface area (Å²) in [7, 11) is 1.52. The standard InChI is InChI=1S/C12H13N3O2S/c1-17-10-6-8(2-3-9(10)13)12(16)15-7-11-14-4-5-18-11/h2-6H,7,13H2,1H3,(H,15,16). The molecule has 0 unspecified atom stereocenters. The molecule has 1 aromatic carbocycles. The number of rotatable bonds is 4. The molecule has 1 heterocycles. The lowest BCUT2D eigenvalue weighted by Crippen LogP contribution is -2.22. The third-order valence-corrected chi connectivity index (χ3v) is 3.16. The van der Waals surface area contributed by atoms with Crippen LogP contribution in [0.25, 0.3) is 0 Å². The molecule has 2 rings (SSSR count). The third kappa shape index (κ3) is 2.78. The van der Waals surface area contributed by atoms with E-state index in [2.05, 4.69) is 10.3 Å². The van der Waals surface area contributed by atoms with Gasteiger partial charge in [0.25, 0.3) is 5.91 Å². The van der Waals surface area contributed by atoms with Gasteiger partial charge in [0.1, 0.15) is 10.8 Å². The van der Waals surface area contributed by atoms with E-state index < -0.39 is 0 Å². The lowest BCUT2D eigenvalue weighted by Gasteiger charge is -2.07. The molecule has 0 aliphatic rings. The Morgan fingerprint density at radius 2 is 2.39 bits per heavy atom. The Hall–Kier alpha value is -2.08. The zero-order valence-electron chi connectivity index (χ0n) is 9.84. The predicted molar refractivity (Wildman–Crippen MR) is 70.7 cm³/mol. The van der Waals surface area contributed by atoms with Crippen molar-refractivity contribution >= 4 is 22.9 Å². The molecule has 0 bridgehead atoms. The summed E-state index contributed by atoms with van der Waals surface area (Å²) in [5.41, 5.74) is 6.71. The fourth-order valence-electron chi connectivity index (χ4n) is 1.45. The maximum absolute atomic E-state index is 11.9. The van der Waals surface area contributed by atoms with Crippen molar-refractivity contribution in [1.29, 1.82) is 0 Å². The fourth-order valence-corrected chi connectivity index (χ4v) is 2.01. The highest BCUT2D eigenvalue weighted by molar-refractivity contribution is 7.09. The highest BCUT2D eigenvalue weighted by Crippen LogP contribution is 2.22. The average molecular weight is 263 g/mol. The smallest absolute Gasteiger partial charge is 0.251 e. The van der Waals surface area contributed by atoms with Crippen LogP contribution in [0.4, 0.5) is 5.69 Å². The van der Waals surface area contributed by atoms with Crippen LogP contribution in [0.15, 0.2) is 29.8 Å². The van der Waals surface area contributed by atoms with Gasteiger partial charge in [0.15, 0.2) is 0 Å². The molecule has 0 radical (unpaired) electrons. The maximum atomic E-state index is 11.9. The van der Waals surface area contributed by atoms with E-state index in [9.17, 15) is 4.79 Å². The van der Waals surface area contributed by atoms with Crippen molar-refractivity contribution in [2.45, 2.75) is 6.54 Å². The number of methoxy groups -OCH3 is 1. The van der Waals surface area contributed by atoms with Crippen LogP contribution in [0.3, 0.4) is 0 Å². The van der Waals surface area contributed by atoms with Crippen LogP contribution in [-0.2, 0) is 6.54 Å². The van der Waals surface area contributed by atoms with Gasteiger partial charge in [-0.15, -0.1) is 11.3 Å². The van der Waals surface area contributed by atoms with Crippen molar-refractivity contribution in [1.82, 2.24) is 10.3 Å². The second-order valence-electron chi connectivity index (χ2n) is 3.57. The number of thiazole rings is 1. The Morgan fingerprint density at radius 1 is 1.56 bits per heavy atom. The third-order valence-electron chi connectivity index (χ3n) is 2.38. The van der Waals surface area contributed by atoms with Crippen molar-refractivity contribution in [3.8, 4) is 5.75 Å². The molecule has 1 aromatic heterocycles. The van der Waals surface area contributed by atoms with Gasteiger partial charge in [-0.25, -0.2) is 4.98 Å². The van der Waals surface area contributed by atoms with Crippen molar-refractivity contribution in [3.05, 3.63) is 40.3 Å². The molecule has 3 N–H and O–H groups in total. The first-order valence-electron chi connectivity index (χ1n) is 5.31. The summed E-state index contributed by atoms with van der Waals surface area (Å²) in [4.78, 5) is 16.0. The molecule has 0 aliphatic carbocycles. The number of hydrogen-bond acceptors (Lipinski definition) is 5. The number of nitrogens with two attached hydrogens (primary N) is 1. The predicted octanol–water partition coefficient (Wildman–Crippen LogP) is 1.66. The Bertz CT molecular complexity index is 540. The fraction of sp³-hybridized carbons (Fsp3) is 0.167. The number of nitrogens with one attached hydrogen (secondary N) is 1. The van der Waals surface area contributed by atoms with Crippen molar-refractivity contribution < 1.29 is 9.53 Å². The Kier molecular flexibility index (Phi) is 3.78. The molecule has 0 atom stereocenters. The zero-order chi connectivity index (χ0) is 13.0. The Labute approximate surface area is 109 Å². The van der Waals surface area contributed by atoms with E-state index in [1.54, 1.807) is 24.4 Å². The second-order valence-corrected chi connectivity index (χ2v) is 4.54. The first kappa shape index (κ1) is 12.4. The number of carbonyl (C=O) groups excluding carboxylic acids is 1. The van der Waals surface area contributed by atoms with Gasteiger partial charge >= 0.3 is 0 Å². The van der Waals surface area contributed by atoms with E-state index in [0.717, 1.165) is 5.01 Å². The molecule has 6 heteroatoms. The van der Waals surface area contributed by atoms with Gasteiger partial charge in [0.2, 0.25) is 0 Å². The monoisotopic (exact) mass is 263 g/mol. The topological polar surface area (TPSA) is 77.2 Å². The van der Waals surface area contributed by atoms with Gasteiger partial charge in [-0.05, 0) is 18.2 Å². The number of hydrogen-bond donors (Lipinski definition) is 2. The summed E-state index contributed by atoms with van der Waals surface area (Å²) in [5.74, 6) is 0.320. The molecular formula is C12H13N3O2S. The lowest BCUT2D eigenvalue weighted by atomic mass is 10.2. The van der Waals surface area contributed by atoms with E-state index in [1.165, 1.54) is 18.4 Å². The molecule has 18 heavy (non-hydrogen) atoms. The van der Waals surface area contributed by atoms with E-state index in [4.69, 9.17) is 10.5 Å². The quantitative estimate of drug-likeness (QED) is 0.822. The second kappa shape index (κ2) is 5.50. The zero-order valence-corrected chi connectivity index (χ0v) is 10.7. The van der Waals surface area contributed by atoms with Gasteiger partial charge in [-0.3, -0.25) is 4.79 Å². The average Bonchev–Trinajstić information content (AvgIpc) is 2.89. The molecule has 0 fully saturated rings. The summed E-state index contributed by atoms with van der Waals surface area (Å²) < 4.78 is 5.07. The number of benzene rings is 1. The first-order chi connectivity index (χ1) is 8.70. The van der Waals surface area contributed by atoms with E-state index in [1.807, 2.05) is 5.38 Å². The van der Waals surface area contributed by atoms with Crippen LogP contribution in [0.2, 0.25) is 0 Å². The summed E-state index contributed by atoms with van der Waals surface area (Å²) >= 11 is 1.50. The van der Waals surface area contributed by atoms with Gasteiger partial charge in [0, 0.05) is 17.1 Å². The molecule has 94 valence electrons. The van der Waals surface area contributed by atoms with Crippen LogP contribution in [-0.4, -0.2) is 18.0 Å². The highest BCUT2D eigenvalue weighted by Gasteiger charge is 2.09. The van der Waals surface area contributed by atoms with E-state index >= 15 is 0 Å². The molecule has 0 saturated heterocycles. The summed E-state index contributed by atoms with van der Waals surface area (Å²) in [6.45, 7) is 0.420. The number of carbonyl (C=O) groups is 1. The first-order valence-corrected chi connectivity index (χ1v) is 6.18. The van der Waals surface area contributed by atoms with Crippen LogP contribution >= 0.6 is 11.3 Å². The Balaban J connectivity index is 2.04. The molecule has 2 aromatic rings. The van der Waals surface area contributed by atoms with Crippen LogP contribution in [0.5, 0.6) is 5.75 Å². The molecule has 0 spiro atoms. The van der Waals surface area contributed by atoms with Gasteiger partial charge in [0.05, 0.1) is 19.3 Å². The Morgan fingerprint density at radius 3 is 3.06 bits per heavy atom. The number of ether oxygens (including phenoxy) is 1. The van der Waals surface area contributed by atoms with E-state index in [0.29, 0.717) is 23.5 Å². The normalized spacial score (nSPS) is 10.1. The van der Waals surface area contributed by atoms with Gasteiger partial charge in [-0.1, -0.05) is 0 Å². The maximum Gasteiger partial charge on any atom is 0.251 e. The summed E-state index contributed by atoms with van der Waals surface area (Å²) in [5, 5.41) is 5.52.